The number of nitrogens with one attached hydrogen (secondary N) is 1. The maximum absolute atomic E-state index is 12.1. The molecule has 0 aliphatic rings. The van der Waals surface area contributed by atoms with Crippen LogP contribution >= 0.6 is 11.3 Å². The second-order valence-corrected chi connectivity index (χ2v) is 6.92. The van der Waals surface area contributed by atoms with Crippen LogP contribution in [0.15, 0.2) is 48.7 Å². The molecule has 0 saturated heterocycles. The molecule has 3 N–H and O–H groups in total. The number of rotatable bonds is 7. The van der Waals surface area contributed by atoms with Crippen LogP contribution in [0.2, 0.25) is 0 Å². The second-order valence-electron chi connectivity index (χ2n) is 5.86. The first kappa shape index (κ1) is 20.2. The number of nitrogens with two attached hydrogens (primary N) is 1. The molecule has 29 heavy (non-hydrogen) atoms. The monoisotopic (exact) mass is 411 g/mol. The normalized spacial score (nSPS) is 10.7. The average Bonchev–Trinajstić information content (AvgIpc) is 3.21. The second kappa shape index (κ2) is 9.11. The van der Waals surface area contributed by atoms with Crippen LogP contribution in [-0.2, 0) is 4.79 Å². The Balaban J connectivity index is 1.80. The number of nitrogen functional groups attached to an aromatic ring is 1. The van der Waals surface area contributed by atoms with Gasteiger partial charge >= 0.3 is 0 Å². The first-order valence-corrected chi connectivity index (χ1v) is 9.47. The van der Waals surface area contributed by atoms with Crippen LogP contribution in [0.25, 0.3) is 16.6 Å². The van der Waals surface area contributed by atoms with Crippen LogP contribution in [0.3, 0.4) is 0 Å². The number of thiazole rings is 1. The van der Waals surface area contributed by atoms with Crippen molar-refractivity contribution in [3.8, 4) is 27.8 Å². The number of benzene rings is 2. The van der Waals surface area contributed by atoms with Gasteiger partial charge in [0.2, 0.25) is 11.7 Å². The van der Waals surface area contributed by atoms with Crippen molar-refractivity contribution >= 4 is 34.7 Å². The molecule has 8 heteroatoms. The minimum Gasteiger partial charge on any atom is -0.493 e. The SMILES string of the molecule is COc1ccc(-c2ncc(/C=C/C(=O)Nc3ccccc3N)s2)c(OC)c1OC. The highest BCUT2D eigenvalue weighted by atomic mass is 32.1. The van der Waals surface area contributed by atoms with Gasteiger partial charge in [0.05, 0.1) is 38.3 Å². The van der Waals surface area contributed by atoms with Gasteiger partial charge in [-0.05, 0) is 30.3 Å². The van der Waals surface area contributed by atoms with Crippen molar-refractivity contribution in [1.82, 2.24) is 4.98 Å². The smallest absolute Gasteiger partial charge is 0.248 e. The van der Waals surface area contributed by atoms with E-state index in [0.717, 1.165) is 15.4 Å². The number of carbonyl (C=O) groups is 1. The van der Waals surface area contributed by atoms with E-state index >= 15 is 0 Å². The maximum Gasteiger partial charge on any atom is 0.248 e. The van der Waals surface area contributed by atoms with Gasteiger partial charge < -0.3 is 25.3 Å². The summed E-state index contributed by atoms with van der Waals surface area (Å²) in [6, 6.07) is 10.7. The standard InChI is InChI=1S/C21H21N3O4S/c1-26-17-10-9-14(19(27-2)20(17)28-3)21-23-12-13(29-21)8-11-18(25)24-16-7-5-4-6-15(16)22/h4-12H,22H2,1-3H3,(H,24,25)/b11-8+. The van der Waals surface area contributed by atoms with E-state index in [2.05, 4.69) is 10.3 Å². The summed E-state index contributed by atoms with van der Waals surface area (Å²) < 4.78 is 16.2. The van der Waals surface area contributed by atoms with Crippen molar-refractivity contribution in [3.63, 3.8) is 0 Å². The lowest BCUT2D eigenvalue weighted by Gasteiger charge is -2.14. The van der Waals surface area contributed by atoms with Gasteiger partial charge in [0, 0.05) is 17.2 Å². The van der Waals surface area contributed by atoms with Crippen molar-refractivity contribution in [3.05, 3.63) is 53.5 Å². The van der Waals surface area contributed by atoms with Crippen LogP contribution in [0, 0.1) is 0 Å². The van der Waals surface area contributed by atoms with E-state index in [9.17, 15) is 4.79 Å². The molecule has 0 atom stereocenters. The number of methoxy groups -OCH3 is 3. The van der Waals surface area contributed by atoms with Gasteiger partial charge in [0.15, 0.2) is 11.5 Å². The molecular weight excluding hydrogens is 390 g/mol. The fourth-order valence-electron chi connectivity index (χ4n) is 2.70. The van der Waals surface area contributed by atoms with Crippen molar-refractivity contribution < 1.29 is 19.0 Å². The molecule has 0 saturated carbocycles. The first-order chi connectivity index (χ1) is 14.1. The zero-order valence-corrected chi connectivity index (χ0v) is 17.1. The Bertz CT molecular complexity index is 1050. The minimum atomic E-state index is -0.276. The highest BCUT2D eigenvalue weighted by molar-refractivity contribution is 7.15. The number of ether oxygens (including phenoxy) is 3. The molecule has 1 amide bonds. The molecule has 1 aromatic heterocycles. The van der Waals surface area contributed by atoms with Gasteiger partial charge in [-0.1, -0.05) is 12.1 Å². The van der Waals surface area contributed by atoms with Crippen molar-refractivity contribution in [2.75, 3.05) is 32.4 Å². The number of hydrogen-bond donors (Lipinski definition) is 2. The topological polar surface area (TPSA) is 95.7 Å². The highest BCUT2D eigenvalue weighted by Gasteiger charge is 2.18. The Morgan fingerprint density at radius 1 is 1.07 bits per heavy atom. The van der Waals surface area contributed by atoms with Crippen molar-refractivity contribution in [2.45, 2.75) is 0 Å². The number of amides is 1. The summed E-state index contributed by atoms with van der Waals surface area (Å²) in [5.74, 6) is 1.33. The molecule has 0 bridgehead atoms. The Labute approximate surface area is 172 Å². The fraction of sp³-hybridized carbons (Fsp3) is 0.143. The molecule has 3 rings (SSSR count). The van der Waals surface area contributed by atoms with E-state index in [1.807, 2.05) is 18.2 Å². The van der Waals surface area contributed by atoms with E-state index < -0.39 is 0 Å². The maximum atomic E-state index is 12.1. The van der Waals surface area contributed by atoms with Crippen LogP contribution in [0.5, 0.6) is 17.2 Å². The van der Waals surface area contributed by atoms with E-state index in [4.69, 9.17) is 19.9 Å². The molecule has 0 spiro atoms. The number of anilines is 2. The molecule has 0 aliphatic carbocycles. The Kier molecular flexibility index (Phi) is 6.36. The minimum absolute atomic E-state index is 0.276. The largest absolute Gasteiger partial charge is 0.493 e. The number of hydrogen-bond acceptors (Lipinski definition) is 7. The lowest BCUT2D eigenvalue weighted by Crippen LogP contribution is -2.09. The van der Waals surface area contributed by atoms with Crippen LogP contribution in [-0.4, -0.2) is 32.2 Å². The highest BCUT2D eigenvalue weighted by Crippen LogP contribution is 2.45. The number of carbonyl (C=O) groups excluding carboxylic acids is 1. The Morgan fingerprint density at radius 3 is 2.52 bits per heavy atom. The zero-order chi connectivity index (χ0) is 20.8. The van der Waals surface area contributed by atoms with Crippen LogP contribution in [0.4, 0.5) is 11.4 Å². The third-order valence-electron chi connectivity index (χ3n) is 4.08. The Morgan fingerprint density at radius 2 is 1.83 bits per heavy atom. The van der Waals surface area contributed by atoms with Gasteiger partial charge in [-0.3, -0.25) is 4.79 Å². The van der Waals surface area contributed by atoms with Crippen molar-refractivity contribution in [2.24, 2.45) is 0 Å². The summed E-state index contributed by atoms with van der Waals surface area (Å²) in [7, 11) is 4.68. The van der Waals surface area contributed by atoms with Gasteiger partial charge in [-0.2, -0.15) is 0 Å². The molecular formula is C21H21N3O4S. The molecule has 0 radical (unpaired) electrons. The molecule has 1 heterocycles. The lowest BCUT2D eigenvalue weighted by atomic mass is 10.2. The summed E-state index contributed by atoms with van der Waals surface area (Å²) in [5, 5.41) is 3.48. The molecule has 0 fully saturated rings. The summed E-state index contributed by atoms with van der Waals surface area (Å²) in [5.41, 5.74) is 7.69. The van der Waals surface area contributed by atoms with E-state index in [0.29, 0.717) is 28.6 Å². The Hall–Kier alpha value is -3.52. The predicted molar refractivity (Wildman–Crippen MR) is 116 cm³/mol. The third-order valence-corrected chi connectivity index (χ3v) is 5.07. The van der Waals surface area contributed by atoms with Gasteiger partial charge in [0.25, 0.3) is 0 Å². The molecule has 0 aliphatic heterocycles. The van der Waals surface area contributed by atoms with Crippen LogP contribution in [0.1, 0.15) is 4.88 Å². The molecule has 150 valence electrons. The molecule has 2 aromatic carbocycles. The number of para-hydroxylation sites is 2. The van der Waals surface area contributed by atoms with Gasteiger partial charge in [-0.25, -0.2) is 4.98 Å². The molecule has 7 nitrogen and oxygen atoms in total. The van der Waals surface area contributed by atoms with E-state index in [-0.39, 0.29) is 5.91 Å². The van der Waals surface area contributed by atoms with E-state index in [1.165, 1.54) is 17.4 Å². The fourth-order valence-corrected chi connectivity index (χ4v) is 3.54. The van der Waals surface area contributed by atoms with Crippen molar-refractivity contribution in [1.29, 1.82) is 0 Å². The first-order valence-electron chi connectivity index (χ1n) is 8.66. The van der Waals surface area contributed by atoms with E-state index in [1.54, 1.807) is 51.8 Å². The summed E-state index contributed by atoms with van der Waals surface area (Å²) in [6.45, 7) is 0. The lowest BCUT2D eigenvalue weighted by molar-refractivity contribution is -0.111. The van der Waals surface area contributed by atoms with Gasteiger partial charge in [-0.15, -0.1) is 11.3 Å². The third kappa shape index (κ3) is 4.49. The average molecular weight is 411 g/mol. The van der Waals surface area contributed by atoms with Crippen LogP contribution < -0.4 is 25.3 Å². The number of nitrogens with zero attached hydrogens (tertiary/aromatic N) is 1. The quantitative estimate of drug-likeness (QED) is 0.449. The van der Waals surface area contributed by atoms with Gasteiger partial charge in [0.1, 0.15) is 5.01 Å². The molecule has 0 unspecified atom stereocenters. The zero-order valence-electron chi connectivity index (χ0n) is 16.3. The summed E-state index contributed by atoms with van der Waals surface area (Å²) in [4.78, 5) is 17.4. The predicted octanol–water partition coefficient (Wildman–Crippen LogP) is 4.07. The molecule has 3 aromatic rings. The summed E-state index contributed by atoms with van der Waals surface area (Å²) >= 11 is 1.42. The number of aromatic nitrogens is 1. The summed E-state index contributed by atoms with van der Waals surface area (Å²) in [6.07, 6.45) is 4.83.